The van der Waals surface area contributed by atoms with E-state index in [1.54, 1.807) is 0 Å². The second-order valence-electron chi connectivity index (χ2n) is 16.6. The standard InChI is InChI=1S/C28H22O4.C13H12O2.2C10H14.2C2H6/c29-23(17-31-24-14-13-19-7-1-2-8-20(19)16-24)18-32-28(30)27-25-11-5-3-9-21(25)15-22-10-4-6-12-26(22)27;1-2-4-11-7-12(6-5-10(11)3-1)14-8-13-9-15-13;2*1-3-9-5-7-10(4-2)8-6-9;2*1-2/h1-16,23,29H,17-18H2;1-7,13H,8-9H2;2*5-8H,3-4H2,1-2H3;2*1-2H3. The van der Waals surface area contributed by atoms with Crippen molar-refractivity contribution in [2.75, 3.05) is 26.4 Å². The van der Waals surface area contributed by atoms with E-state index in [0.29, 0.717) is 24.0 Å². The number of benzene rings is 9. The van der Waals surface area contributed by atoms with Gasteiger partial charge in [-0.15, -0.1) is 0 Å². The van der Waals surface area contributed by atoms with Gasteiger partial charge in [0.25, 0.3) is 0 Å². The number of aryl methyl sites for hydroxylation is 4. The number of carbonyl (C=O) groups is 1. The van der Waals surface area contributed by atoms with Crippen LogP contribution in [0.4, 0.5) is 0 Å². The summed E-state index contributed by atoms with van der Waals surface area (Å²) >= 11 is 0. The highest BCUT2D eigenvalue weighted by molar-refractivity contribution is 6.16. The van der Waals surface area contributed by atoms with E-state index in [4.69, 9.17) is 18.9 Å². The molecule has 370 valence electrons. The maximum atomic E-state index is 13.0. The lowest BCUT2D eigenvalue weighted by molar-refractivity contribution is 0.0133. The van der Waals surface area contributed by atoms with Crippen LogP contribution in [0, 0.1) is 0 Å². The lowest BCUT2D eigenvalue weighted by Crippen LogP contribution is -2.25. The second kappa shape index (κ2) is 29.9. The molecule has 9 aromatic rings. The van der Waals surface area contributed by atoms with Crippen LogP contribution in [-0.4, -0.2) is 49.7 Å². The predicted octanol–water partition coefficient (Wildman–Crippen LogP) is 16.0. The molecule has 0 spiro atoms. The van der Waals surface area contributed by atoms with E-state index >= 15 is 0 Å². The smallest absolute Gasteiger partial charge is 0.339 e. The molecule has 0 amide bonds. The molecule has 2 atom stereocenters. The van der Waals surface area contributed by atoms with E-state index in [0.717, 1.165) is 70.4 Å². The zero-order valence-corrected chi connectivity index (χ0v) is 43.2. The van der Waals surface area contributed by atoms with Crippen LogP contribution in [0.5, 0.6) is 11.5 Å². The van der Waals surface area contributed by atoms with Gasteiger partial charge in [0.2, 0.25) is 0 Å². The minimum Gasteiger partial charge on any atom is -0.491 e. The van der Waals surface area contributed by atoms with Crippen LogP contribution >= 0.6 is 0 Å². The summed E-state index contributed by atoms with van der Waals surface area (Å²) in [5, 5.41) is 18.6. The number of ether oxygens (including phenoxy) is 4. The number of epoxide rings is 1. The Bertz CT molecular complexity index is 2810. The zero-order chi connectivity index (χ0) is 50.8. The summed E-state index contributed by atoms with van der Waals surface area (Å²) in [6, 6.07) is 63.4. The van der Waals surface area contributed by atoms with Crippen LogP contribution in [0.2, 0.25) is 0 Å². The Morgan fingerprint density at radius 1 is 0.479 bits per heavy atom. The minimum absolute atomic E-state index is 0.0297. The van der Waals surface area contributed by atoms with Crippen LogP contribution < -0.4 is 9.47 Å². The summed E-state index contributed by atoms with van der Waals surface area (Å²) in [6.45, 7) is 18.1. The molecule has 0 bridgehead atoms. The Kier molecular flexibility index (Phi) is 23.1. The van der Waals surface area contributed by atoms with Crippen molar-refractivity contribution in [3.63, 3.8) is 0 Å². The number of fused-ring (bicyclic) bond motifs is 4. The number of rotatable bonds is 13. The van der Waals surface area contributed by atoms with Gasteiger partial charge in [-0.05, 0) is 121 Å². The number of hydrogen-bond acceptors (Lipinski definition) is 6. The van der Waals surface area contributed by atoms with Gasteiger partial charge in [-0.3, -0.25) is 0 Å². The van der Waals surface area contributed by atoms with Gasteiger partial charge < -0.3 is 24.1 Å². The first kappa shape index (κ1) is 54.9. The third-order valence-corrected chi connectivity index (χ3v) is 11.8. The molecule has 1 aliphatic rings. The fourth-order valence-corrected chi connectivity index (χ4v) is 7.61. The fraction of sp³-hybridized carbons (Fsp3) is 0.277. The predicted molar refractivity (Wildman–Crippen MR) is 299 cm³/mol. The zero-order valence-electron chi connectivity index (χ0n) is 43.2. The Balaban J connectivity index is 0.000000198. The highest BCUT2D eigenvalue weighted by atomic mass is 16.6. The molecule has 9 aromatic carbocycles. The van der Waals surface area contributed by atoms with Crippen molar-refractivity contribution >= 4 is 49.1 Å². The number of aliphatic hydroxyl groups is 1. The van der Waals surface area contributed by atoms with Gasteiger partial charge in [-0.25, -0.2) is 4.79 Å². The molecule has 10 rings (SSSR count). The van der Waals surface area contributed by atoms with Crippen LogP contribution in [0.3, 0.4) is 0 Å². The van der Waals surface area contributed by atoms with Crippen LogP contribution in [-0.2, 0) is 35.2 Å². The molecule has 0 aromatic heterocycles. The Morgan fingerprint density at radius 3 is 1.24 bits per heavy atom. The van der Waals surface area contributed by atoms with Crippen LogP contribution in [0.15, 0.2) is 188 Å². The van der Waals surface area contributed by atoms with Gasteiger partial charge in [0.1, 0.15) is 43.5 Å². The molecule has 0 aliphatic carbocycles. The monoisotopic (exact) mass is 951 g/mol. The Hall–Kier alpha value is -6.99. The molecule has 1 N–H and O–H groups in total. The summed E-state index contributed by atoms with van der Waals surface area (Å²) in [6.07, 6.45) is 3.95. The van der Waals surface area contributed by atoms with Gasteiger partial charge in [0, 0.05) is 0 Å². The first-order chi connectivity index (χ1) is 34.8. The molecule has 1 heterocycles. The third-order valence-electron chi connectivity index (χ3n) is 11.8. The minimum atomic E-state index is -0.938. The van der Waals surface area contributed by atoms with Crippen LogP contribution in [0.25, 0.3) is 43.1 Å². The van der Waals surface area contributed by atoms with E-state index in [-0.39, 0.29) is 13.2 Å². The quantitative estimate of drug-likeness (QED) is 0.0705. The first-order valence-electron chi connectivity index (χ1n) is 25.6. The van der Waals surface area contributed by atoms with Crippen molar-refractivity contribution in [3.05, 3.63) is 216 Å². The molecule has 6 heteroatoms. The van der Waals surface area contributed by atoms with Crippen molar-refractivity contribution in [3.8, 4) is 11.5 Å². The van der Waals surface area contributed by atoms with E-state index in [2.05, 4.69) is 107 Å². The molecule has 6 nitrogen and oxygen atoms in total. The third kappa shape index (κ3) is 17.1. The van der Waals surface area contributed by atoms with E-state index < -0.39 is 12.1 Å². The molecule has 0 radical (unpaired) electrons. The van der Waals surface area contributed by atoms with Crippen LogP contribution in [0.1, 0.15) is 88.0 Å². The van der Waals surface area contributed by atoms with Gasteiger partial charge in [0.15, 0.2) is 0 Å². The summed E-state index contributed by atoms with van der Waals surface area (Å²) in [5.74, 6) is 1.13. The van der Waals surface area contributed by atoms with Crippen molar-refractivity contribution in [2.45, 2.75) is 93.3 Å². The van der Waals surface area contributed by atoms with Crippen molar-refractivity contribution in [2.24, 2.45) is 0 Å². The van der Waals surface area contributed by atoms with Gasteiger partial charge in [-0.2, -0.15) is 0 Å². The fourth-order valence-electron chi connectivity index (χ4n) is 7.61. The highest BCUT2D eigenvalue weighted by Crippen LogP contribution is 2.29. The van der Waals surface area contributed by atoms with Crippen molar-refractivity contribution < 1.29 is 28.8 Å². The van der Waals surface area contributed by atoms with Crippen molar-refractivity contribution in [1.82, 2.24) is 0 Å². The molecule has 2 unspecified atom stereocenters. The summed E-state index contributed by atoms with van der Waals surface area (Å²) in [4.78, 5) is 13.0. The molecule has 71 heavy (non-hydrogen) atoms. The maximum Gasteiger partial charge on any atom is 0.339 e. The Labute approximate surface area is 423 Å². The second-order valence-corrected chi connectivity index (χ2v) is 16.6. The average Bonchev–Trinajstić information content (AvgIpc) is 4.29. The first-order valence-corrected chi connectivity index (χ1v) is 25.6. The summed E-state index contributed by atoms with van der Waals surface area (Å²) < 4.78 is 21.9. The average molecular weight is 951 g/mol. The van der Waals surface area contributed by atoms with Gasteiger partial charge in [0.05, 0.1) is 12.2 Å². The van der Waals surface area contributed by atoms with Crippen molar-refractivity contribution in [1.29, 1.82) is 0 Å². The largest absolute Gasteiger partial charge is 0.491 e. The lowest BCUT2D eigenvalue weighted by atomic mass is 9.97. The highest BCUT2D eigenvalue weighted by Gasteiger charge is 2.23. The molecule has 1 aliphatic heterocycles. The van der Waals surface area contributed by atoms with E-state index in [9.17, 15) is 9.90 Å². The van der Waals surface area contributed by atoms with E-state index in [1.807, 2.05) is 137 Å². The number of hydrogen-bond donors (Lipinski definition) is 1. The molecule has 1 saturated heterocycles. The number of esters is 1. The maximum absolute atomic E-state index is 13.0. The topological polar surface area (TPSA) is 77.5 Å². The lowest BCUT2D eigenvalue weighted by Gasteiger charge is -2.15. The number of aliphatic hydroxyl groups excluding tert-OH is 1. The molecular formula is C65H74O6. The molecular weight excluding hydrogens is 877 g/mol. The summed E-state index contributed by atoms with van der Waals surface area (Å²) in [5.41, 5.74) is 6.23. The molecule has 0 saturated carbocycles. The number of carbonyl (C=O) groups excluding carboxylic acids is 1. The van der Waals surface area contributed by atoms with Gasteiger partial charge in [-0.1, -0.05) is 213 Å². The SMILES string of the molecule is CC.CC.CCc1ccc(CC)cc1.CCc1ccc(CC)cc1.O=C(OCC(O)COc1ccc2ccccc2c1)c1c2ccccc2cc2ccccc12.c1ccc2cc(OCC3CO3)ccc2c1. The molecule has 1 fully saturated rings. The van der Waals surface area contributed by atoms with Gasteiger partial charge >= 0.3 is 5.97 Å². The normalized spacial score (nSPS) is 12.4. The summed E-state index contributed by atoms with van der Waals surface area (Å²) in [7, 11) is 0. The Morgan fingerprint density at radius 2 is 0.845 bits per heavy atom. The van der Waals surface area contributed by atoms with E-state index in [1.165, 1.54) is 33.0 Å².